The molecule has 93 valence electrons. The molecule has 0 bridgehead atoms. The average molecular weight is 255 g/mol. The molecule has 0 aliphatic heterocycles. The lowest BCUT2D eigenvalue weighted by molar-refractivity contribution is 1.32. The molecule has 4 rings (SSSR count). The lowest BCUT2D eigenvalue weighted by Crippen LogP contribution is -1.89. The zero-order valence-electron chi connectivity index (χ0n) is 10.7. The first-order valence-electron chi connectivity index (χ1n) is 6.52. The maximum absolute atomic E-state index is 4.53. The number of fused-ring (bicyclic) bond motifs is 2. The van der Waals surface area contributed by atoms with Crippen LogP contribution in [0.3, 0.4) is 0 Å². The van der Waals surface area contributed by atoms with E-state index in [9.17, 15) is 0 Å². The molecule has 0 aliphatic carbocycles. The molecule has 2 nitrogen and oxygen atoms in total. The fraction of sp³-hybridized carbons (Fsp3) is 0. The molecule has 2 aromatic heterocycles. The second-order valence-electron chi connectivity index (χ2n) is 4.70. The minimum Gasteiger partial charge on any atom is -0.263 e. The van der Waals surface area contributed by atoms with Gasteiger partial charge in [0.25, 0.3) is 0 Å². The van der Waals surface area contributed by atoms with Crippen molar-refractivity contribution >= 4 is 21.5 Å². The first-order chi connectivity index (χ1) is 9.93. The highest BCUT2D eigenvalue weighted by Gasteiger charge is 2.08. The second kappa shape index (κ2) is 4.42. The smallest absolute Gasteiger partial charge is 0.0802 e. The Hall–Kier alpha value is -2.74. The van der Waals surface area contributed by atoms with E-state index < -0.39 is 0 Å². The zero-order chi connectivity index (χ0) is 13.4. The minimum absolute atomic E-state index is 0.962. The van der Waals surface area contributed by atoms with Gasteiger partial charge in [-0.1, -0.05) is 48.5 Å². The van der Waals surface area contributed by atoms with Crippen molar-refractivity contribution in [2.45, 2.75) is 0 Å². The van der Waals surface area contributed by atoms with Crippen LogP contribution in [0.4, 0.5) is 0 Å². The van der Waals surface area contributed by atoms with Gasteiger partial charge in [0.15, 0.2) is 0 Å². The van der Waals surface area contributed by atoms with Crippen molar-refractivity contribution in [1.29, 1.82) is 0 Å². The van der Waals surface area contributed by atoms with Crippen LogP contribution in [0.2, 0.25) is 0 Å². The Kier molecular flexibility index (Phi) is 2.46. The highest BCUT2D eigenvalue weighted by molar-refractivity contribution is 6.03. The van der Waals surface area contributed by atoms with E-state index in [1.54, 1.807) is 6.20 Å². The van der Waals surface area contributed by atoms with Gasteiger partial charge in [0.05, 0.1) is 5.69 Å². The van der Waals surface area contributed by atoms with Gasteiger partial charge in [-0.2, -0.15) is 0 Å². The monoisotopic (exact) mass is 255 g/mol. The van der Waals surface area contributed by atoms with E-state index in [2.05, 4.69) is 40.3 Å². The summed E-state index contributed by atoms with van der Waals surface area (Å²) in [6, 6.07) is 19.6. The summed E-state index contributed by atoms with van der Waals surface area (Å²) in [5.41, 5.74) is 2.02. The number of hydrogen-bond donors (Lipinski definition) is 0. The van der Waals surface area contributed by atoms with Crippen LogP contribution in [0.1, 0.15) is 0 Å². The van der Waals surface area contributed by atoms with Crippen LogP contribution in [0, 0.1) is 6.07 Å². The Morgan fingerprint density at radius 2 is 1.60 bits per heavy atom. The highest BCUT2D eigenvalue weighted by atomic mass is 14.7. The van der Waals surface area contributed by atoms with Gasteiger partial charge in [-0.3, -0.25) is 9.97 Å². The van der Waals surface area contributed by atoms with Crippen LogP contribution in [0.25, 0.3) is 32.8 Å². The summed E-state index contributed by atoms with van der Waals surface area (Å²) in [6.07, 6.45) is 5.51. The minimum atomic E-state index is 0.962. The molecule has 0 fully saturated rings. The maximum Gasteiger partial charge on any atom is 0.0802 e. The first kappa shape index (κ1) is 11.1. The molecular weight excluding hydrogens is 244 g/mol. The third-order valence-corrected chi connectivity index (χ3v) is 3.52. The lowest BCUT2D eigenvalue weighted by Gasteiger charge is -2.08. The fourth-order valence-corrected chi connectivity index (χ4v) is 2.57. The molecular formula is C18H11N2. The third kappa shape index (κ3) is 1.66. The zero-order valence-corrected chi connectivity index (χ0v) is 10.7. The predicted octanol–water partition coefficient (Wildman–Crippen LogP) is 4.25. The molecule has 0 atom stereocenters. The van der Waals surface area contributed by atoms with E-state index in [-0.39, 0.29) is 0 Å². The molecule has 2 heteroatoms. The van der Waals surface area contributed by atoms with Crippen molar-refractivity contribution in [2.24, 2.45) is 0 Å². The van der Waals surface area contributed by atoms with Crippen LogP contribution in [-0.2, 0) is 0 Å². The van der Waals surface area contributed by atoms with Crippen molar-refractivity contribution < 1.29 is 0 Å². The molecule has 0 unspecified atom stereocenters. The van der Waals surface area contributed by atoms with Gasteiger partial charge in [0, 0.05) is 41.0 Å². The molecule has 1 radical (unpaired) electrons. The summed E-state index contributed by atoms with van der Waals surface area (Å²) in [4.78, 5) is 8.88. The molecule has 0 N–H and O–H groups in total. The van der Waals surface area contributed by atoms with Crippen molar-refractivity contribution in [2.75, 3.05) is 0 Å². The summed E-state index contributed by atoms with van der Waals surface area (Å²) >= 11 is 0. The third-order valence-electron chi connectivity index (χ3n) is 3.52. The largest absolute Gasteiger partial charge is 0.263 e. The van der Waals surface area contributed by atoms with Crippen molar-refractivity contribution in [3.8, 4) is 11.3 Å². The topological polar surface area (TPSA) is 25.8 Å². The molecule has 0 saturated heterocycles. The molecule has 4 aromatic rings. The van der Waals surface area contributed by atoms with Gasteiger partial charge in [-0.25, -0.2) is 0 Å². The average Bonchev–Trinajstić information content (AvgIpc) is 2.54. The van der Waals surface area contributed by atoms with Crippen molar-refractivity contribution in [3.05, 3.63) is 73.2 Å². The number of rotatable bonds is 1. The van der Waals surface area contributed by atoms with Gasteiger partial charge >= 0.3 is 0 Å². The quantitative estimate of drug-likeness (QED) is 0.508. The van der Waals surface area contributed by atoms with Crippen molar-refractivity contribution in [1.82, 2.24) is 9.97 Å². The van der Waals surface area contributed by atoms with Crippen molar-refractivity contribution in [3.63, 3.8) is 0 Å². The molecule has 0 amide bonds. The van der Waals surface area contributed by atoms with E-state index in [1.807, 2.05) is 36.7 Å². The fourth-order valence-electron chi connectivity index (χ4n) is 2.57. The summed E-state index contributed by atoms with van der Waals surface area (Å²) in [6.45, 7) is 0. The Morgan fingerprint density at radius 1 is 0.800 bits per heavy atom. The summed E-state index contributed by atoms with van der Waals surface area (Å²) in [7, 11) is 0. The number of nitrogens with zero attached hydrogens (tertiary/aromatic N) is 2. The molecule has 0 spiro atoms. The van der Waals surface area contributed by atoms with Crippen LogP contribution in [0.15, 0.2) is 67.1 Å². The Bertz CT molecular complexity index is 825. The highest BCUT2D eigenvalue weighted by Crippen LogP contribution is 2.30. The van der Waals surface area contributed by atoms with E-state index in [1.165, 1.54) is 5.39 Å². The van der Waals surface area contributed by atoms with Gasteiger partial charge in [-0.15, -0.1) is 0 Å². The van der Waals surface area contributed by atoms with Gasteiger partial charge < -0.3 is 0 Å². The van der Waals surface area contributed by atoms with E-state index in [0.29, 0.717) is 0 Å². The molecule has 0 saturated carbocycles. The van der Waals surface area contributed by atoms with E-state index in [4.69, 9.17) is 0 Å². The number of pyridine rings is 2. The molecule has 2 aromatic carbocycles. The second-order valence-corrected chi connectivity index (χ2v) is 4.70. The van der Waals surface area contributed by atoms with Gasteiger partial charge in [0.1, 0.15) is 0 Å². The summed E-state index contributed by atoms with van der Waals surface area (Å²) in [5.74, 6) is 0. The van der Waals surface area contributed by atoms with Gasteiger partial charge in [-0.05, 0) is 10.8 Å². The number of aromatic nitrogens is 2. The molecule has 0 aliphatic rings. The Morgan fingerprint density at radius 3 is 2.55 bits per heavy atom. The Balaban J connectivity index is 2.12. The maximum atomic E-state index is 4.53. The lowest BCUT2D eigenvalue weighted by atomic mass is 10.0. The Labute approximate surface area is 116 Å². The molecule has 2 heterocycles. The number of benzene rings is 2. The van der Waals surface area contributed by atoms with Crippen LogP contribution >= 0.6 is 0 Å². The van der Waals surface area contributed by atoms with Crippen LogP contribution in [-0.4, -0.2) is 9.97 Å². The summed E-state index contributed by atoms with van der Waals surface area (Å²) < 4.78 is 0. The molecule has 20 heavy (non-hydrogen) atoms. The SMILES string of the molecule is [c]1cnc(-c2cncc3ccccc23)c2ccccc12. The van der Waals surface area contributed by atoms with Crippen LogP contribution in [0.5, 0.6) is 0 Å². The summed E-state index contributed by atoms with van der Waals surface area (Å²) in [5, 5.41) is 4.48. The van der Waals surface area contributed by atoms with E-state index in [0.717, 1.165) is 27.4 Å². The first-order valence-corrected chi connectivity index (χ1v) is 6.52. The normalized spacial score (nSPS) is 11.0. The predicted molar refractivity (Wildman–Crippen MR) is 81.3 cm³/mol. The van der Waals surface area contributed by atoms with Crippen LogP contribution < -0.4 is 0 Å². The van der Waals surface area contributed by atoms with Gasteiger partial charge in [0.2, 0.25) is 0 Å². The van der Waals surface area contributed by atoms with E-state index >= 15 is 0 Å². The standard InChI is InChI=1S/C18H11N2/c1-4-8-16-13(5-1)9-10-20-18(16)17-12-19-11-14-6-2-3-7-15(14)17/h1-8,10-12H. The number of hydrogen-bond acceptors (Lipinski definition) is 2.